The Labute approximate surface area is 218 Å². The van der Waals surface area contributed by atoms with Gasteiger partial charge >= 0.3 is 0 Å². The van der Waals surface area contributed by atoms with Crippen molar-refractivity contribution in [3.63, 3.8) is 0 Å². The Morgan fingerprint density at radius 1 is 1.11 bits per heavy atom. The van der Waals surface area contributed by atoms with Gasteiger partial charge in [0.15, 0.2) is 0 Å². The molecule has 36 heavy (non-hydrogen) atoms. The second-order valence-corrected chi connectivity index (χ2v) is 12.2. The number of hydrogen-bond acceptors (Lipinski definition) is 4. The number of benzene rings is 2. The number of aliphatic hydroxyl groups excluding tert-OH is 1. The lowest BCUT2D eigenvalue weighted by atomic mass is 9.60. The summed E-state index contributed by atoms with van der Waals surface area (Å²) in [6.45, 7) is 6.36. The third-order valence-corrected chi connectivity index (χ3v) is 8.57. The van der Waals surface area contributed by atoms with E-state index in [9.17, 15) is 14.7 Å². The molecule has 6 nitrogen and oxygen atoms in total. The van der Waals surface area contributed by atoms with Crippen LogP contribution in [0.1, 0.15) is 57.6 Å². The quantitative estimate of drug-likeness (QED) is 0.497. The van der Waals surface area contributed by atoms with E-state index in [0.29, 0.717) is 24.3 Å². The molecule has 3 aliphatic rings. The molecule has 0 bridgehead atoms. The largest absolute Gasteiger partial charge is 0.393 e. The Kier molecular flexibility index (Phi) is 6.64. The Morgan fingerprint density at radius 3 is 2.47 bits per heavy atom. The molecule has 2 aromatic rings. The number of carbonyl (C=O) groups excluding carboxylic acids is 2. The number of aliphatic hydroxyl groups is 1. The number of fused-ring (bicyclic) bond motifs is 2. The molecule has 2 aliphatic heterocycles. The zero-order valence-electron chi connectivity index (χ0n) is 21.2. The Bertz CT molecular complexity index is 1140. The zero-order valence-corrected chi connectivity index (χ0v) is 21.9. The minimum Gasteiger partial charge on any atom is -0.393 e. The highest BCUT2D eigenvalue weighted by Crippen LogP contribution is 2.55. The first-order chi connectivity index (χ1) is 17.1. The summed E-state index contributed by atoms with van der Waals surface area (Å²) in [4.78, 5) is 28.0. The topological polar surface area (TPSA) is 90.5 Å². The van der Waals surface area contributed by atoms with Crippen LogP contribution >= 0.6 is 11.6 Å². The van der Waals surface area contributed by atoms with Crippen LogP contribution in [0, 0.1) is 11.3 Å². The predicted octanol–water partition coefficient (Wildman–Crippen LogP) is 4.20. The fourth-order valence-electron chi connectivity index (χ4n) is 6.74. The summed E-state index contributed by atoms with van der Waals surface area (Å²) in [5.74, 6) is -0.455. The van der Waals surface area contributed by atoms with Gasteiger partial charge in [-0.05, 0) is 60.8 Å². The van der Waals surface area contributed by atoms with Crippen molar-refractivity contribution in [3.05, 3.63) is 64.7 Å². The monoisotopic (exact) mass is 509 g/mol. The van der Waals surface area contributed by atoms with E-state index in [4.69, 9.17) is 11.6 Å². The maximum absolute atomic E-state index is 14.1. The van der Waals surface area contributed by atoms with Crippen LogP contribution in [-0.2, 0) is 21.4 Å². The number of nitrogens with one attached hydrogen (secondary N) is 3. The number of hydrogen-bond donors (Lipinski definition) is 4. The molecule has 2 fully saturated rings. The molecule has 4 atom stereocenters. The van der Waals surface area contributed by atoms with E-state index < -0.39 is 11.5 Å². The molecule has 4 N–H and O–H groups in total. The van der Waals surface area contributed by atoms with E-state index >= 15 is 0 Å². The first kappa shape index (κ1) is 25.2. The van der Waals surface area contributed by atoms with Crippen LogP contribution in [0.4, 0.5) is 5.69 Å². The number of halogens is 1. The van der Waals surface area contributed by atoms with Crippen molar-refractivity contribution in [2.24, 2.45) is 11.3 Å². The molecule has 0 radical (unpaired) electrons. The molecule has 2 heterocycles. The van der Waals surface area contributed by atoms with Gasteiger partial charge in [-0.3, -0.25) is 9.59 Å². The normalized spacial score (nSPS) is 31.8. The van der Waals surface area contributed by atoms with Crippen molar-refractivity contribution in [3.8, 4) is 0 Å². The second kappa shape index (κ2) is 9.47. The fourth-order valence-corrected chi connectivity index (χ4v) is 6.91. The highest BCUT2D eigenvalue weighted by atomic mass is 35.5. The van der Waals surface area contributed by atoms with E-state index in [0.717, 1.165) is 29.7 Å². The van der Waals surface area contributed by atoms with Crippen LogP contribution < -0.4 is 16.0 Å². The van der Waals surface area contributed by atoms with Gasteiger partial charge in [0.05, 0.1) is 17.6 Å². The summed E-state index contributed by atoms with van der Waals surface area (Å²) in [5, 5.41) is 20.5. The predicted molar refractivity (Wildman–Crippen MR) is 142 cm³/mol. The molecule has 7 heteroatoms. The lowest BCUT2D eigenvalue weighted by molar-refractivity contribution is -0.126. The van der Waals surface area contributed by atoms with Gasteiger partial charge in [0.25, 0.3) is 0 Å². The molecule has 2 amide bonds. The minimum absolute atomic E-state index is 0.0354. The van der Waals surface area contributed by atoms with Crippen LogP contribution in [0.5, 0.6) is 0 Å². The van der Waals surface area contributed by atoms with Gasteiger partial charge in [0, 0.05) is 28.7 Å². The van der Waals surface area contributed by atoms with Crippen LogP contribution in [0.15, 0.2) is 48.5 Å². The summed E-state index contributed by atoms with van der Waals surface area (Å²) in [6, 6.07) is 14.9. The molecule has 2 aromatic carbocycles. The molecular weight excluding hydrogens is 474 g/mol. The first-order valence-electron chi connectivity index (χ1n) is 13.0. The zero-order chi connectivity index (χ0) is 25.7. The molecule has 1 saturated carbocycles. The second-order valence-electron chi connectivity index (χ2n) is 11.8. The van der Waals surface area contributed by atoms with Gasteiger partial charge in [0.2, 0.25) is 11.8 Å². The maximum Gasteiger partial charge on any atom is 0.237 e. The smallest absolute Gasteiger partial charge is 0.237 e. The Balaban J connectivity index is 1.59. The van der Waals surface area contributed by atoms with Gasteiger partial charge in [0.1, 0.15) is 0 Å². The van der Waals surface area contributed by atoms with Gasteiger partial charge in [-0.25, -0.2) is 0 Å². The van der Waals surface area contributed by atoms with E-state index in [1.165, 1.54) is 0 Å². The first-order valence-corrected chi connectivity index (χ1v) is 13.4. The average molecular weight is 510 g/mol. The average Bonchev–Trinajstić information content (AvgIpc) is 3.31. The number of anilines is 1. The summed E-state index contributed by atoms with van der Waals surface area (Å²) in [7, 11) is 0. The Morgan fingerprint density at radius 2 is 1.81 bits per heavy atom. The summed E-state index contributed by atoms with van der Waals surface area (Å²) < 4.78 is 0. The maximum atomic E-state index is 14.1. The molecule has 1 saturated heterocycles. The van der Waals surface area contributed by atoms with Gasteiger partial charge in [-0.1, -0.05) is 68.8 Å². The third-order valence-electron chi connectivity index (χ3n) is 8.33. The van der Waals surface area contributed by atoms with Crippen LogP contribution in [0.2, 0.25) is 5.02 Å². The fraction of sp³-hybridized carbons (Fsp3) is 0.517. The highest BCUT2D eigenvalue weighted by Gasteiger charge is 2.67. The summed E-state index contributed by atoms with van der Waals surface area (Å²) in [6.07, 6.45) is 3.21. The van der Waals surface area contributed by atoms with Crippen molar-refractivity contribution >= 4 is 29.1 Å². The van der Waals surface area contributed by atoms with Crippen molar-refractivity contribution < 1.29 is 14.7 Å². The lowest BCUT2D eigenvalue weighted by Crippen LogP contribution is -2.55. The molecule has 1 aliphatic carbocycles. The number of rotatable bonds is 4. The molecule has 5 rings (SSSR count). The van der Waals surface area contributed by atoms with E-state index in [-0.39, 0.29) is 41.3 Å². The standard InChI is InChI=1S/C29H36ClN3O3/c1-28(2,3)26-29(21-14-9-18(30)16-23(21)32-27(29)36)22(15-17-7-5-4-6-8-17)24(33-26)25(35)31-19-10-12-20(34)13-11-19/h4-9,14,16,19-20,22,24,26,33-34H,10-13,15H2,1-3H3,(H,31,35)(H,32,36)/t19?,20?,22?,24?,26-,29?/m0/s1. The van der Waals surface area contributed by atoms with Crippen molar-refractivity contribution in [1.82, 2.24) is 10.6 Å². The highest BCUT2D eigenvalue weighted by molar-refractivity contribution is 6.31. The minimum atomic E-state index is -0.932. The van der Waals surface area contributed by atoms with Gasteiger partial charge in [-0.2, -0.15) is 0 Å². The van der Waals surface area contributed by atoms with E-state index in [1.807, 2.05) is 36.4 Å². The lowest BCUT2D eigenvalue weighted by Gasteiger charge is -2.41. The van der Waals surface area contributed by atoms with Crippen LogP contribution in [-0.4, -0.2) is 41.2 Å². The summed E-state index contributed by atoms with van der Waals surface area (Å²) in [5.41, 5.74) is 1.48. The van der Waals surface area contributed by atoms with Crippen molar-refractivity contribution in [2.45, 2.75) is 82.5 Å². The summed E-state index contributed by atoms with van der Waals surface area (Å²) >= 11 is 6.31. The molecule has 1 spiro atoms. The van der Waals surface area contributed by atoms with Crippen LogP contribution in [0.3, 0.4) is 0 Å². The van der Waals surface area contributed by atoms with Gasteiger partial charge in [-0.15, -0.1) is 0 Å². The van der Waals surface area contributed by atoms with E-state index in [1.54, 1.807) is 0 Å². The molecule has 192 valence electrons. The Hall–Kier alpha value is -2.41. The van der Waals surface area contributed by atoms with Crippen molar-refractivity contribution in [1.29, 1.82) is 0 Å². The number of amides is 2. The molecule has 3 unspecified atom stereocenters. The van der Waals surface area contributed by atoms with Crippen LogP contribution in [0.25, 0.3) is 0 Å². The third kappa shape index (κ3) is 4.33. The van der Waals surface area contributed by atoms with Crippen molar-refractivity contribution in [2.75, 3.05) is 5.32 Å². The molecule has 0 aromatic heterocycles. The van der Waals surface area contributed by atoms with Gasteiger partial charge < -0.3 is 21.1 Å². The number of carbonyl (C=O) groups is 2. The molecular formula is C29H36ClN3O3. The SMILES string of the molecule is CC(C)(C)[C@@H]1NC(C(=O)NC2CCC(O)CC2)C(Cc2ccccc2)C12C(=O)Nc1cc(Cl)ccc12. The van der Waals surface area contributed by atoms with E-state index in [2.05, 4.69) is 48.9 Å².